The number of amides is 1. The maximum atomic E-state index is 12.6. The Kier molecular flexibility index (Phi) is 6.12. The number of ether oxygens (including phenoxy) is 1. The van der Waals surface area contributed by atoms with Crippen LogP contribution in [0.5, 0.6) is 0 Å². The Hall–Kier alpha value is -1.40. The standard InChI is InChI=1S/C19H32N4O2/c1-4-8-21-9-11-22(12-10-21)19(24)6-5-17-16-14-25-13-7-18(16)23(20-17)15(2)3/h15H,4-14H2,1-3H3. The number of rotatable bonds is 6. The monoisotopic (exact) mass is 348 g/mol. The van der Waals surface area contributed by atoms with Gasteiger partial charge in [0.05, 0.1) is 18.9 Å². The molecule has 6 nitrogen and oxygen atoms in total. The molecule has 1 saturated heterocycles. The van der Waals surface area contributed by atoms with Gasteiger partial charge in [0.2, 0.25) is 5.91 Å². The second-order valence-electron chi connectivity index (χ2n) is 7.44. The smallest absolute Gasteiger partial charge is 0.223 e. The van der Waals surface area contributed by atoms with Crippen molar-refractivity contribution in [3.63, 3.8) is 0 Å². The number of aryl methyl sites for hydroxylation is 1. The summed E-state index contributed by atoms with van der Waals surface area (Å²) in [7, 11) is 0. The average Bonchev–Trinajstić information content (AvgIpc) is 3.00. The minimum Gasteiger partial charge on any atom is -0.376 e. The lowest BCUT2D eigenvalue weighted by Gasteiger charge is -2.34. The number of carbonyl (C=O) groups is 1. The molecule has 0 aliphatic carbocycles. The Morgan fingerprint density at radius 3 is 2.68 bits per heavy atom. The minimum absolute atomic E-state index is 0.265. The highest BCUT2D eigenvalue weighted by molar-refractivity contribution is 5.76. The predicted octanol–water partition coefficient (Wildman–Crippen LogP) is 2.02. The first kappa shape index (κ1) is 18.4. The molecule has 0 aromatic carbocycles. The van der Waals surface area contributed by atoms with E-state index in [9.17, 15) is 4.79 Å². The van der Waals surface area contributed by atoms with Gasteiger partial charge in [-0.05, 0) is 26.8 Å². The third kappa shape index (κ3) is 4.23. The van der Waals surface area contributed by atoms with Crippen LogP contribution in [0.4, 0.5) is 0 Å². The van der Waals surface area contributed by atoms with Crippen molar-refractivity contribution >= 4 is 5.91 Å². The highest BCUT2D eigenvalue weighted by Crippen LogP contribution is 2.24. The fourth-order valence-corrected chi connectivity index (χ4v) is 3.88. The van der Waals surface area contributed by atoms with Gasteiger partial charge in [-0.15, -0.1) is 0 Å². The topological polar surface area (TPSA) is 50.6 Å². The summed E-state index contributed by atoms with van der Waals surface area (Å²) in [5, 5.41) is 4.80. The molecule has 0 radical (unpaired) electrons. The summed E-state index contributed by atoms with van der Waals surface area (Å²) in [5.74, 6) is 0.265. The molecule has 0 saturated carbocycles. The van der Waals surface area contributed by atoms with Gasteiger partial charge in [0.25, 0.3) is 0 Å². The van der Waals surface area contributed by atoms with Crippen molar-refractivity contribution in [2.24, 2.45) is 0 Å². The molecule has 6 heteroatoms. The number of nitrogens with zero attached hydrogens (tertiary/aromatic N) is 4. The molecule has 1 aromatic rings. The molecule has 1 amide bonds. The van der Waals surface area contributed by atoms with E-state index in [2.05, 4.69) is 30.4 Å². The lowest BCUT2D eigenvalue weighted by atomic mass is 10.1. The predicted molar refractivity (Wildman–Crippen MR) is 97.6 cm³/mol. The second kappa shape index (κ2) is 8.32. The van der Waals surface area contributed by atoms with Crippen LogP contribution in [0.2, 0.25) is 0 Å². The Labute approximate surface area is 151 Å². The van der Waals surface area contributed by atoms with E-state index in [1.165, 1.54) is 17.7 Å². The van der Waals surface area contributed by atoms with Gasteiger partial charge in [-0.2, -0.15) is 5.10 Å². The number of aromatic nitrogens is 2. The van der Waals surface area contributed by atoms with E-state index >= 15 is 0 Å². The molecule has 0 unspecified atom stereocenters. The van der Waals surface area contributed by atoms with E-state index in [1.54, 1.807) is 0 Å². The summed E-state index contributed by atoms with van der Waals surface area (Å²) in [5.41, 5.74) is 3.58. The summed E-state index contributed by atoms with van der Waals surface area (Å²) in [6, 6.07) is 0.350. The van der Waals surface area contributed by atoms with Gasteiger partial charge in [-0.1, -0.05) is 6.92 Å². The van der Waals surface area contributed by atoms with Crippen LogP contribution < -0.4 is 0 Å². The number of fused-ring (bicyclic) bond motifs is 1. The molecule has 3 rings (SSSR count). The summed E-state index contributed by atoms with van der Waals surface area (Å²) in [6.07, 6.45) is 3.38. The third-order valence-electron chi connectivity index (χ3n) is 5.26. The van der Waals surface area contributed by atoms with E-state index in [4.69, 9.17) is 9.84 Å². The zero-order chi connectivity index (χ0) is 17.8. The molecule has 3 heterocycles. The van der Waals surface area contributed by atoms with E-state index in [-0.39, 0.29) is 5.91 Å². The lowest BCUT2D eigenvalue weighted by molar-refractivity contribution is -0.132. The quantitative estimate of drug-likeness (QED) is 0.789. The molecule has 0 spiro atoms. The van der Waals surface area contributed by atoms with Crippen molar-refractivity contribution in [2.45, 2.75) is 59.1 Å². The zero-order valence-corrected chi connectivity index (χ0v) is 16.0. The van der Waals surface area contributed by atoms with Crippen molar-refractivity contribution in [3.8, 4) is 0 Å². The maximum absolute atomic E-state index is 12.6. The van der Waals surface area contributed by atoms with Crippen molar-refractivity contribution in [1.82, 2.24) is 19.6 Å². The van der Waals surface area contributed by atoms with Crippen LogP contribution in [0.25, 0.3) is 0 Å². The molecular formula is C19H32N4O2. The van der Waals surface area contributed by atoms with Crippen LogP contribution in [-0.4, -0.2) is 64.8 Å². The number of piperazine rings is 1. The van der Waals surface area contributed by atoms with E-state index in [0.29, 0.717) is 19.1 Å². The van der Waals surface area contributed by atoms with Crippen LogP contribution in [0.15, 0.2) is 0 Å². The molecule has 1 fully saturated rings. The van der Waals surface area contributed by atoms with Gasteiger partial charge in [0.1, 0.15) is 0 Å². The SMILES string of the molecule is CCCN1CCN(C(=O)CCc2nn(C(C)C)c3c2COCC3)CC1. The van der Waals surface area contributed by atoms with Gasteiger partial charge in [0, 0.05) is 62.7 Å². The number of hydrogen-bond donors (Lipinski definition) is 0. The Morgan fingerprint density at radius 1 is 1.24 bits per heavy atom. The fourth-order valence-electron chi connectivity index (χ4n) is 3.88. The van der Waals surface area contributed by atoms with E-state index in [0.717, 1.165) is 57.9 Å². The molecule has 2 aliphatic heterocycles. The van der Waals surface area contributed by atoms with Gasteiger partial charge in [-0.3, -0.25) is 14.4 Å². The van der Waals surface area contributed by atoms with Crippen LogP contribution in [0.1, 0.15) is 56.6 Å². The van der Waals surface area contributed by atoms with Crippen LogP contribution in [0.3, 0.4) is 0 Å². The molecule has 140 valence electrons. The Balaban J connectivity index is 1.58. The molecule has 25 heavy (non-hydrogen) atoms. The minimum atomic E-state index is 0.265. The second-order valence-corrected chi connectivity index (χ2v) is 7.44. The van der Waals surface area contributed by atoms with E-state index in [1.807, 2.05) is 4.90 Å². The van der Waals surface area contributed by atoms with Crippen molar-refractivity contribution in [1.29, 1.82) is 0 Å². The van der Waals surface area contributed by atoms with Crippen LogP contribution in [0, 0.1) is 0 Å². The summed E-state index contributed by atoms with van der Waals surface area (Å²) in [4.78, 5) is 17.1. The van der Waals surface area contributed by atoms with Gasteiger partial charge in [0.15, 0.2) is 0 Å². The Morgan fingerprint density at radius 2 is 2.00 bits per heavy atom. The third-order valence-corrected chi connectivity index (χ3v) is 5.26. The molecular weight excluding hydrogens is 316 g/mol. The normalized spacial score (nSPS) is 18.6. The van der Waals surface area contributed by atoms with E-state index < -0.39 is 0 Å². The van der Waals surface area contributed by atoms with Crippen molar-refractivity contribution in [2.75, 3.05) is 39.3 Å². The summed E-state index contributed by atoms with van der Waals surface area (Å²) in [6.45, 7) is 12.8. The number of carbonyl (C=O) groups excluding carboxylic acids is 1. The summed E-state index contributed by atoms with van der Waals surface area (Å²) < 4.78 is 7.76. The maximum Gasteiger partial charge on any atom is 0.223 e. The van der Waals surface area contributed by atoms with Crippen LogP contribution in [-0.2, 0) is 29.0 Å². The van der Waals surface area contributed by atoms with Gasteiger partial charge in [-0.25, -0.2) is 0 Å². The molecule has 0 N–H and O–H groups in total. The highest BCUT2D eigenvalue weighted by Gasteiger charge is 2.24. The van der Waals surface area contributed by atoms with Gasteiger partial charge < -0.3 is 9.64 Å². The first-order chi connectivity index (χ1) is 12.1. The largest absolute Gasteiger partial charge is 0.376 e. The van der Waals surface area contributed by atoms with Crippen molar-refractivity contribution < 1.29 is 9.53 Å². The number of hydrogen-bond acceptors (Lipinski definition) is 4. The fraction of sp³-hybridized carbons (Fsp3) is 0.789. The molecule has 1 aromatic heterocycles. The van der Waals surface area contributed by atoms with Gasteiger partial charge >= 0.3 is 0 Å². The lowest BCUT2D eigenvalue weighted by Crippen LogP contribution is -2.48. The van der Waals surface area contributed by atoms with Crippen LogP contribution >= 0.6 is 0 Å². The molecule has 0 bridgehead atoms. The zero-order valence-electron chi connectivity index (χ0n) is 16.0. The highest BCUT2D eigenvalue weighted by atomic mass is 16.5. The molecule has 0 atom stereocenters. The average molecular weight is 348 g/mol. The first-order valence-electron chi connectivity index (χ1n) is 9.77. The first-order valence-corrected chi connectivity index (χ1v) is 9.77. The Bertz CT molecular complexity index is 588. The summed E-state index contributed by atoms with van der Waals surface area (Å²) >= 11 is 0. The van der Waals surface area contributed by atoms with Crippen molar-refractivity contribution in [3.05, 3.63) is 17.0 Å². The molecule has 2 aliphatic rings.